The van der Waals surface area contributed by atoms with Crippen molar-refractivity contribution >= 4 is 0 Å². The fraction of sp³-hybridized carbons (Fsp3) is 0.966. The first-order valence-corrected chi connectivity index (χ1v) is 30.3. The van der Waals surface area contributed by atoms with E-state index < -0.39 is 191 Å². The van der Waals surface area contributed by atoms with E-state index in [1.165, 1.54) is 6.92 Å². The minimum Gasteiger partial charge on any atom is -0.394 e. The van der Waals surface area contributed by atoms with E-state index in [-0.39, 0.29) is 46.0 Å². The molecule has 0 aromatic heterocycles. The van der Waals surface area contributed by atoms with Crippen LogP contribution in [0, 0.1) is 45.3 Å². The smallest absolute Gasteiger partial charge is 0.187 e. The van der Waals surface area contributed by atoms with Gasteiger partial charge in [-0.05, 0) is 100 Å². The van der Waals surface area contributed by atoms with Gasteiger partial charge in [-0.3, -0.25) is 0 Å². The average molecular weight is 1210 g/mol. The van der Waals surface area contributed by atoms with Gasteiger partial charge in [0.2, 0.25) is 0 Å². The van der Waals surface area contributed by atoms with Gasteiger partial charge in [0.1, 0.15) is 104 Å². The summed E-state index contributed by atoms with van der Waals surface area (Å²) in [4.78, 5) is 0. The van der Waals surface area contributed by atoms with Crippen LogP contribution in [0.3, 0.4) is 0 Å². The Morgan fingerprint density at radius 3 is 1.93 bits per heavy atom. The molecule has 482 valence electrons. The molecule has 2 bridgehead atoms. The monoisotopic (exact) mass is 1210 g/mol. The minimum absolute atomic E-state index is 0.110. The van der Waals surface area contributed by atoms with Crippen LogP contribution in [-0.2, 0) is 56.8 Å². The summed E-state index contributed by atoms with van der Waals surface area (Å²) in [6, 6.07) is 0. The van der Waals surface area contributed by atoms with Crippen LogP contribution in [0.2, 0.25) is 0 Å². The highest BCUT2D eigenvalue weighted by atomic mass is 16.8. The Balaban J connectivity index is 0.870. The molecule has 84 heavy (non-hydrogen) atoms. The van der Waals surface area contributed by atoms with Crippen LogP contribution in [0.25, 0.3) is 0 Å². The van der Waals surface area contributed by atoms with Crippen LogP contribution >= 0.6 is 0 Å². The number of aliphatic hydroxyl groups excluding tert-OH is 13. The summed E-state index contributed by atoms with van der Waals surface area (Å²) >= 11 is 0. The van der Waals surface area contributed by atoms with E-state index in [1.54, 1.807) is 0 Å². The first-order chi connectivity index (χ1) is 39.4. The standard InChI is InChI=1S/C58H94O26/c1-23(2)15-25-16-56(8,72)47-26-9-10-32-54(6)13-12-33(53(4,5)31(54)11-14-55(32,7)57(26)21-58(47,84-25)76-22-57)80-51-46(83-50-43(71)38(66)34(62)24(3)77-50)44(28(61)19-74-51)81-52-45(82-49-41(69)35(63)27(60)18-73-49)40(68)37(65)30(79-52)20-75-48-42(70)39(67)36(64)29(17-59)78-48/h15,24-52,59-72H,9-14,16-22H2,1-8H3/t24-,25-,26+,27+,28-,29+,30+,31-,32+,33-,34-,35-,36+,37+,38+,39-,40-,41+,42+,43+,44-,45+,46+,47?,48+,49-,50-,51-,52-,54-,55+,56-,57-,58-/m0/s1. The van der Waals surface area contributed by atoms with Gasteiger partial charge in [0.15, 0.2) is 37.2 Å². The van der Waals surface area contributed by atoms with Crippen LogP contribution < -0.4 is 0 Å². The van der Waals surface area contributed by atoms with Crippen molar-refractivity contribution in [3.05, 3.63) is 11.6 Å². The Morgan fingerprint density at radius 2 is 1.21 bits per heavy atom. The maximum atomic E-state index is 12.3. The lowest BCUT2D eigenvalue weighted by Crippen LogP contribution is -2.68. The molecule has 11 rings (SSSR count). The molecule has 1 unspecified atom stereocenters. The van der Waals surface area contributed by atoms with Crippen LogP contribution in [0.1, 0.15) is 107 Å². The second-order valence-corrected chi connectivity index (χ2v) is 28.2. The van der Waals surface area contributed by atoms with Crippen LogP contribution in [0.5, 0.6) is 0 Å². The lowest BCUT2D eigenvalue weighted by atomic mass is 9.35. The largest absolute Gasteiger partial charge is 0.394 e. The molecule has 4 saturated carbocycles. The van der Waals surface area contributed by atoms with E-state index in [0.717, 1.165) is 44.1 Å². The molecule has 2 spiro atoms. The predicted molar refractivity (Wildman–Crippen MR) is 283 cm³/mol. The van der Waals surface area contributed by atoms with Crippen LogP contribution in [-0.4, -0.2) is 269 Å². The van der Waals surface area contributed by atoms with E-state index in [2.05, 4.69) is 33.8 Å². The minimum atomic E-state index is -2.04. The highest BCUT2D eigenvalue weighted by Crippen LogP contribution is 2.80. The Morgan fingerprint density at radius 1 is 0.583 bits per heavy atom. The molecule has 4 aliphatic carbocycles. The van der Waals surface area contributed by atoms with Gasteiger partial charge in [0.25, 0.3) is 0 Å². The SMILES string of the molecule is CC(C)=C[C@H]1C[C@](C)(O)C2[C@H]3CC[C@@H]4[C@@]5(C)CC[C@H](O[C@@H]6OC[C@H](O)[C@H](O[C@@H]7O[C@H](CO[C@@H]8O[C@H](CO)[C@@H](O)[C@H](O)[C@H]8O)[C@@H](O)[C@H](O)[C@H]7O[C@@H]7OC[C@@H](O)[C@H](O)[C@H]7O)[C@H]6O[C@@H]6O[C@@H](C)[C@H](O)[C@@H](O)[C@H]6O)C(C)(C)[C@@H]5CC[C@@]4(C)[C@@]34CO[C@@]2(C4)O1. The van der Waals surface area contributed by atoms with Gasteiger partial charge in [-0.25, -0.2) is 0 Å². The Bertz CT molecular complexity index is 2330. The molecule has 26 nitrogen and oxygen atoms in total. The van der Waals surface area contributed by atoms with E-state index in [9.17, 15) is 71.5 Å². The van der Waals surface area contributed by atoms with Gasteiger partial charge in [-0.2, -0.15) is 0 Å². The maximum Gasteiger partial charge on any atom is 0.187 e. The Kier molecular flexibility index (Phi) is 17.9. The predicted octanol–water partition coefficient (Wildman–Crippen LogP) is -2.72. The Hall–Kier alpha value is -1.30. The van der Waals surface area contributed by atoms with Gasteiger partial charge in [-0.15, -0.1) is 0 Å². The van der Waals surface area contributed by atoms with Gasteiger partial charge in [0, 0.05) is 24.2 Å². The normalized spacial score (nSPS) is 57.1. The van der Waals surface area contributed by atoms with Crippen molar-refractivity contribution in [2.75, 3.05) is 33.0 Å². The van der Waals surface area contributed by atoms with Crippen LogP contribution in [0.4, 0.5) is 0 Å². The van der Waals surface area contributed by atoms with Crippen molar-refractivity contribution in [3.8, 4) is 0 Å². The molecule has 11 aliphatic rings. The molecule has 0 aromatic rings. The molecule has 26 heteroatoms. The second kappa shape index (κ2) is 23.4. The molecule has 34 atom stereocenters. The zero-order valence-electron chi connectivity index (χ0n) is 49.2. The summed E-state index contributed by atoms with van der Waals surface area (Å²) in [6.45, 7) is 14.8. The topological polar surface area (TPSA) is 394 Å². The zero-order chi connectivity index (χ0) is 60.7. The number of aliphatic hydroxyl groups is 14. The van der Waals surface area contributed by atoms with Gasteiger partial charge in [0.05, 0.1) is 56.9 Å². The van der Waals surface area contributed by atoms with Gasteiger partial charge in [-0.1, -0.05) is 39.3 Å². The summed E-state index contributed by atoms with van der Waals surface area (Å²) in [6.07, 6.45) is -31.8. The molecular formula is C58H94O26. The van der Waals surface area contributed by atoms with Crippen molar-refractivity contribution in [2.24, 2.45) is 45.3 Å². The first-order valence-electron chi connectivity index (χ1n) is 30.3. The average Bonchev–Trinajstić information content (AvgIpc) is 1.44. The van der Waals surface area contributed by atoms with Crippen molar-refractivity contribution < 1.29 is 128 Å². The van der Waals surface area contributed by atoms with Crippen molar-refractivity contribution in [2.45, 2.75) is 272 Å². The fourth-order valence-electron chi connectivity index (χ4n) is 18.3. The maximum absolute atomic E-state index is 12.3. The number of allylic oxidation sites excluding steroid dienone is 1. The summed E-state index contributed by atoms with van der Waals surface area (Å²) in [5, 5.41) is 154. The van der Waals surface area contributed by atoms with Crippen molar-refractivity contribution in [3.63, 3.8) is 0 Å². The highest BCUT2D eigenvalue weighted by molar-refractivity contribution is 5.27. The summed E-state index contributed by atoms with van der Waals surface area (Å²) < 4.78 is 75.5. The highest BCUT2D eigenvalue weighted by Gasteiger charge is 2.81. The molecule has 7 heterocycles. The summed E-state index contributed by atoms with van der Waals surface area (Å²) in [5.74, 6) is -0.440. The van der Waals surface area contributed by atoms with Crippen molar-refractivity contribution in [1.82, 2.24) is 0 Å². The number of hydrogen-bond donors (Lipinski definition) is 14. The van der Waals surface area contributed by atoms with Crippen molar-refractivity contribution in [1.29, 1.82) is 0 Å². The van der Waals surface area contributed by atoms with E-state index in [0.29, 0.717) is 19.4 Å². The summed E-state index contributed by atoms with van der Waals surface area (Å²) in [5.41, 5.74) is -0.980. The fourth-order valence-corrected chi connectivity index (χ4v) is 18.3. The third-order valence-electron chi connectivity index (χ3n) is 22.5. The molecule has 7 saturated heterocycles. The number of fused-ring (bicyclic) bond motifs is 4. The molecular weight excluding hydrogens is 1110 g/mol. The van der Waals surface area contributed by atoms with Crippen LogP contribution in [0.15, 0.2) is 11.6 Å². The molecule has 0 aromatic carbocycles. The molecule has 14 N–H and O–H groups in total. The molecule has 11 fully saturated rings. The quantitative estimate of drug-likeness (QED) is 0.0658. The molecule has 0 radical (unpaired) electrons. The van der Waals surface area contributed by atoms with Gasteiger partial charge < -0.3 is 128 Å². The molecule has 0 amide bonds. The molecule has 7 aliphatic heterocycles. The zero-order valence-corrected chi connectivity index (χ0v) is 49.2. The van der Waals surface area contributed by atoms with E-state index in [4.69, 9.17) is 56.8 Å². The third kappa shape index (κ3) is 10.5. The lowest BCUT2D eigenvalue weighted by Gasteiger charge is -2.70. The lowest BCUT2D eigenvalue weighted by molar-refractivity contribution is -0.401. The van der Waals surface area contributed by atoms with E-state index in [1.807, 2.05) is 20.8 Å². The Labute approximate surface area is 488 Å². The first kappa shape index (κ1) is 64.2. The number of rotatable bonds is 13. The third-order valence-corrected chi connectivity index (χ3v) is 22.5. The summed E-state index contributed by atoms with van der Waals surface area (Å²) in [7, 11) is 0. The second-order valence-electron chi connectivity index (χ2n) is 28.2. The van der Waals surface area contributed by atoms with E-state index >= 15 is 0 Å². The van der Waals surface area contributed by atoms with Gasteiger partial charge >= 0.3 is 0 Å². The number of hydrogen-bond acceptors (Lipinski definition) is 26. The number of ether oxygens (including phenoxy) is 12.